The zero-order valence-corrected chi connectivity index (χ0v) is 19.6. The first-order chi connectivity index (χ1) is 15.0. The van der Waals surface area contributed by atoms with Crippen LogP contribution in [0.4, 0.5) is 0 Å². The van der Waals surface area contributed by atoms with Crippen molar-refractivity contribution in [3.05, 3.63) is 92.9 Å². The summed E-state index contributed by atoms with van der Waals surface area (Å²) in [4.78, 5) is 0. The average molecular weight is 498 g/mol. The van der Waals surface area contributed by atoms with Crippen molar-refractivity contribution in [2.24, 2.45) is 5.10 Å². The van der Waals surface area contributed by atoms with Crippen molar-refractivity contribution in [1.82, 2.24) is 5.01 Å². The standard InChI is InChI=1S/C25H22BrClN2O2/c1-15(2)30-18-10-7-16(8-11-18)22-14-23-20-13-17(26)9-12-24(20)31-25(29(23)28-22)19-5-3-4-6-21(19)27/h3-13,15,23,25H,14H2,1-2H3/t23-,25-/m0/s1. The maximum atomic E-state index is 6.54. The number of hydrazone groups is 1. The summed E-state index contributed by atoms with van der Waals surface area (Å²) in [6, 6.07) is 22.1. The van der Waals surface area contributed by atoms with Gasteiger partial charge in [0.1, 0.15) is 11.5 Å². The van der Waals surface area contributed by atoms with Gasteiger partial charge in [-0.2, -0.15) is 5.10 Å². The Morgan fingerprint density at radius 1 is 1.06 bits per heavy atom. The van der Waals surface area contributed by atoms with Crippen LogP contribution in [0.3, 0.4) is 0 Å². The van der Waals surface area contributed by atoms with Crippen LogP contribution in [0.2, 0.25) is 5.02 Å². The summed E-state index contributed by atoms with van der Waals surface area (Å²) in [6.07, 6.45) is 0.554. The van der Waals surface area contributed by atoms with Crippen LogP contribution in [0, 0.1) is 0 Å². The molecule has 0 aliphatic carbocycles. The van der Waals surface area contributed by atoms with Crippen LogP contribution < -0.4 is 9.47 Å². The van der Waals surface area contributed by atoms with Gasteiger partial charge in [0.15, 0.2) is 0 Å². The molecule has 6 heteroatoms. The van der Waals surface area contributed by atoms with E-state index in [-0.39, 0.29) is 18.4 Å². The van der Waals surface area contributed by atoms with Crippen molar-refractivity contribution >= 4 is 33.2 Å². The Hall–Kier alpha value is -2.50. The molecule has 0 amide bonds. The van der Waals surface area contributed by atoms with Gasteiger partial charge in [0.05, 0.1) is 17.9 Å². The second kappa shape index (κ2) is 8.21. The van der Waals surface area contributed by atoms with E-state index in [4.69, 9.17) is 26.2 Å². The second-order valence-electron chi connectivity index (χ2n) is 8.01. The van der Waals surface area contributed by atoms with Crippen molar-refractivity contribution in [2.45, 2.75) is 38.6 Å². The van der Waals surface area contributed by atoms with E-state index in [1.807, 2.05) is 67.4 Å². The Morgan fingerprint density at radius 3 is 2.58 bits per heavy atom. The third-order valence-corrected chi connectivity index (χ3v) is 6.32. The molecule has 2 heterocycles. The number of benzene rings is 3. The predicted molar refractivity (Wildman–Crippen MR) is 127 cm³/mol. The highest BCUT2D eigenvalue weighted by Crippen LogP contribution is 2.49. The number of rotatable bonds is 4. The Bertz CT molecular complexity index is 1150. The molecule has 0 unspecified atom stereocenters. The van der Waals surface area contributed by atoms with Gasteiger partial charge in [-0.05, 0) is 67.9 Å². The number of ether oxygens (including phenoxy) is 2. The van der Waals surface area contributed by atoms with Crippen LogP contribution in [0.1, 0.15) is 49.2 Å². The molecule has 3 aromatic carbocycles. The summed E-state index contributed by atoms with van der Waals surface area (Å²) in [7, 11) is 0. The normalized spacial score (nSPS) is 19.5. The number of nitrogens with zero attached hydrogens (tertiary/aromatic N) is 2. The highest BCUT2D eigenvalue weighted by atomic mass is 79.9. The lowest BCUT2D eigenvalue weighted by Gasteiger charge is -2.38. The highest BCUT2D eigenvalue weighted by Gasteiger charge is 2.41. The van der Waals surface area contributed by atoms with Gasteiger partial charge in [0.25, 0.3) is 0 Å². The third-order valence-electron chi connectivity index (χ3n) is 5.48. The van der Waals surface area contributed by atoms with Crippen LogP contribution >= 0.6 is 27.5 Å². The minimum absolute atomic E-state index is 0.0733. The predicted octanol–water partition coefficient (Wildman–Crippen LogP) is 7.13. The lowest BCUT2D eigenvalue weighted by molar-refractivity contribution is -0.0190. The molecule has 0 saturated carbocycles. The SMILES string of the molecule is CC(C)Oc1ccc(C2=NN3[C@@H](C2)c2cc(Br)ccc2O[C@H]3c2ccccc2Cl)cc1. The largest absolute Gasteiger partial charge is 0.491 e. The van der Waals surface area contributed by atoms with E-state index in [0.29, 0.717) is 5.02 Å². The first-order valence-electron chi connectivity index (χ1n) is 10.3. The van der Waals surface area contributed by atoms with Gasteiger partial charge in [-0.25, -0.2) is 5.01 Å². The van der Waals surface area contributed by atoms with Gasteiger partial charge in [0, 0.05) is 27.0 Å². The minimum atomic E-state index is -0.381. The molecule has 0 N–H and O–H groups in total. The van der Waals surface area contributed by atoms with Crippen molar-refractivity contribution in [1.29, 1.82) is 0 Å². The summed E-state index contributed by atoms with van der Waals surface area (Å²) < 4.78 is 13.2. The first-order valence-corrected chi connectivity index (χ1v) is 11.5. The van der Waals surface area contributed by atoms with Gasteiger partial charge in [-0.1, -0.05) is 45.7 Å². The molecular formula is C25H22BrClN2O2. The zero-order chi connectivity index (χ0) is 21.5. The summed E-state index contributed by atoms with van der Waals surface area (Å²) in [6.45, 7) is 4.05. The molecule has 3 aromatic rings. The van der Waals surface area contributed by atoms with E-state index in [9.17, 15) is 0 Å². The van der Waals surface area contributed by atoms with E-state index in [1.165, 1.54) is 0 Å². The average Bonchev–Trinajstić information content (AvgIpc) is 3.20. The fourth-order valence-electron chi connectivity index (χ4n) is 4.11. The van der Waals surface area contributed by atoms with E-state index < -0.39 is 0 Å². The Labute approximate surface area is 195 Å². The van der Waals surface area contributed by atoms with Crippen molar-refractivity contribution in [3.63, 3.8) is 0 Å². The lowest BCUT2D eigenvalue weighted by Crippen LogP contribution is -2.33. The molecule has 2 aliphatic rings. The molecule has 2 atom stereocenters. The summed E-state index contributed by atoms with van der Waals surface area (Å²) >= 11 is 10.1. The lowest BCUT2D eigenvalue weighted by atomic mass is 9.96. The maximum Gasteiger partial charge on any atom is 0.215 e. The molecule has 0 fully saturated rings. The van der Waals surface area contributed by atoms with Crippen LogP contribution in [0.5, 0.6) is 11.5 Å². The molecule has 158 valence electrons. The molecule has 0 aromatic heterocycles. The molecule has 0 spiro atoms. The van der Waals surface area contributed by atoms with E-state index in [0.717, 1.165) is 44.8 Å². The molecule has 2 aliphatic heterocycles. The quantitative estimate of drug-likeness (QED) is 0.384. The topological polar surface area (TPSA) is 34.1 Å². The first kappa shape index (κ1) is 20.4. The van der Waals surface area contributed by atoms with Gasteiger partial charge in [-0.15, -0.1) is 0 Å². The number of hydrogen-bond acceptors (Lipinski definition) is 4. The fourth-order valence-corrected chi connectivity index (χ4v) is 4.72. The smallest absolute Gasteiger partial charge is 0.215 e. The van der Waals surface area contributed by atoms with Gasteiger partial charge < -0.3 is 9.47 Å². The van der Waals surface area contributed by atoms with Crippen molar-refractivity contribution in [2.75, 3.05) is 0 Å². The van der Waals surface area contributed by atoms with E-state index in [1.54, 1.807) is 0 Å². The van der Waals surface area contributed by atoms with Crippen molar-refractivity contribution < 1.29 is 9.47 Å². The summed E-state index contributed by atoms with van der Waals surface area (Å²) in [5, 5.41) is 7.73. The van der Waals surface area contributed by atoms with Crippen LogP contribution in [0.15, 0.2) is 76.3 Å². The van der Waals surface area contributed by atoms with Gasteiger partial charge in [0.2, 0.25) is 6.23 Å². The molecule has 4 nitrogen and oxygen atoms in total. The molecule has 31 heavy (non-hydrogen) atoms. The summed E-state index contributed by atoms with van der Waals surface area (Å²) in [5.74, 6) is 1.73. The third kappa shape index (κ3) is 3.92. The fraction of sp³-hybridized carbons (Fsp3) is 0.240. The van der Waals surface area contributed by atoms with Gasteiger partial charge >= 0.3 is 0 Å². The highest BCUT2D eigenvalue weighted by molar-refractivity contribution is 9.10. The second-order valence-corrected chi connectivity index (χ2v) is 9.33. The molecule has 0 radical (unpaired) electrons. The van der Waals surface area contributed by atoms with E-state index >= 15 is 0 Å². The van der Waals surface area contributed by atoms with E-state index in [2.05, 4.69) is 34.1 Å². The molecular weight excluding hydrogens is 476 g/mol. The summed E-state index contributed by atoms with van der Waals surface area (Å²) in [5.41, 5.74) is 4.14. The number of fused-ring (bicyclic) bond motifs is 3. The Balaban J connectivity index is 1.54. The zero-order valence-electron chi connectivity index (χ0n) is 17.3. The Morgan fingerprint density at radius 2 is 1.84 bits per heavy atom. The minimum Gasteiger partial charge on any atom is -0.491 e. The Kier molecular flexibility index (Phi) is 5.40. The molecule has 0 bridgehead atoms. The molecule has 0 saturated heterocycles. The van der Waals surface area contributed by atoms with Crippen LogP contribution in [0.25, 0.3) is 0 Å². The van der Waals surface area contributed by atoms with Crippen LogP contribution in [-0.2, 0) is 0 Å². The van der Waals surface area contributed by atoms with Crippen molar-refractivity contribution in [3.8, 4) is 11.5 Å². The maximum absolute atomic E-state index is 6.54. The number of halogens is 2. The monoisotopic (exact) mass is 496 g/mol. The van der Waals surface area contributed by atoms with Crippen LogP contribution in [-0.4, -0.2) is 16.8 Å². The number of hydrogen-bond donors (Lipinski definition) is 0. The molecule has 5 rings (SSSR count). The van der Waals surface area contributed by atoms with Gasteiger partial charge in [-0.3, -0.25) is 0 Å².